The summed E-state index contributed by atoms with van der Waals surface area (Å²) in [4.78, 5) is 23.7. The third kappa shape index (κ3) is 5.42. The Bertz CT molecular complexity index is 1090. The molecule has 0 radical (unpaired) electrons. The molecule has 0 aliphatic carbocycles. The number of anilines is 1. The van der Waals surface area contributed by atoms with Gasteiger partial charge >= 0.3 is 5.97 Å². The van der Waals surface area contributed by atoms with E-state index in [1.807, 2.05) is 36.4 Å². The number of nitrogens with one attached hydrogen (secondary N) is 1. The van der Waals surface area contributed by atoms with Crippen molar-refractivity contribution in [2.45, 2.75) is 6.92 Å². The Labute approximate surface area is 167 Å². The van der Waals surface area contributed by atoms with E-state index in [0.29, 0.717) is 0 Å². The van der Waals surface area contributed by atoms with Gasteiger partial charge in [0.2, 0.25) is 0 Å². The van der Waals surface area contributed by atoms with Gasteiger partial charge in [-0.15, -0.1) is 0 Å². The fourth-order valence-electron chi connectivity index (χ4n) is 2.73. The molecule has 3 aromatic carbocycles. The van der Waals surface area contributed by atoms with E-state index in [4.69, 9.17) is 9.47 Å². The molecule has 0 fully saturated rings. The van der Waals surface area contributed by atoms with Crippen molar-refractivity contribution in [3.63, 3.8) is 0 Å². The van der Waals surface area contributed by atoms with Gasteiger partial charge in [0.1, 0.15) is 11.6 Å². The van der Waals surface area contributed by atoms with Gasteiger partial charge in [-0.3, -0.25) is 4.79 Å². The van der Waals surface area contributed by atoms with E-state index in [1.165, 1.54) is 18.2 Å². The fraction of sp³-hybridized carbons (Fsp3) is 0.130. The van der Waals surface area contributed by atoms with Crippen LogP contribution in [-0.4, -0.2) is 25.6 Å². The predicted octanol–water partition coefficient (Wildman–Crippen LogP) is 4.49. The van der Waals surface area contributed by atoms with Crippen molar-refractivity contribution in [1.29, 1.82) is 0 Å². The van der Waals surface area contributed by atoms with E-state index >= 15 is 0 Å². The lowest BCUT2D eigenvalue weighted by Gasteiger charge is -2.07. The van der Waals surface area contributed by atoms with Crippen molar-refractivity contribution >= 4 is 34.4 Å². The van der Waals surface area contributed by atoms with Gasteiger partial charge in [0.05, 0.1) is 12.8 Å². The van der Waals surface area contributed by atoms with E-state index in [0.717, 1.165) is 27.6 Å². The minimum absolute atomic E-state index is 0.0417. The first-order valence-corrected chi connectivity index (χ1v) is 8.93. The van der Waals surface area contributed by atoms with Crippen molar-refractivity contribution in [3.8, 4) is 5.75 Å². The van der Waals surface area contributed by atoms with Gasteiger partial charge in [-0.25, -0.2) is 9.18 Å². The highest BCUT2D eigenvalue weighted by Gasteiger charge is 2.09. The minimum atomic E-state index is -0.667. The summed E-state index contributed by atoms with van der Waals surface area (Å²) < 4.78 is 23.8. The average Bonchev–Trinajstić information content (AvgIpc) is 2.72. The maximum atomic E-state index is 13.7. The number of esters is 1. The van der Waals surface area contributed by atoms with E-state index in [2.05, 4.69) is 5.32 Å². The number of benzene rings is 3. The molecule has 0 bridgehead atoms. The molecule has 5 nitrogen and oxygen atoms in total. The second-order valence-electron chi connectivity index (χ2n) is 6.45. The molecular weight excluding hydrogens is 373 g/mol. The SMILES string of the molecule is COc1ccc2cc(/C=C/C(=O)OCC(=O)Nc3ccc(C)cc3F)ccc2c1. The fourth-order valence-corrected chi connectivity index (χ4v) is 2.73. The van der Waals surface area contributed by atoms with Gasteiger partial charge in [0.25, 0.3) is 5.91 Å². The lowest BCUT2D eigenvalue weighted by Crippen LogP contribution is -2.20. The predicted molar refractivity (Wildman–Crippen MR) is 110 cm³/mol. The Morgan fingerprint density at radius 1 is 1.03 bits per heavy atom. The van der Waals surface area contributed by atoms with E-state index in [-0.39, 0.29) is 5.69 Å². The Hall–Kier alpha value is -3.67. The zero-order chi connectivity index (χ0) is 20.8. The van der Waals surface area contributed by atoms with Crippen LogP contribution in [0.1, 0.15) is 11.1 Å². The first-order chi connectivity index (χ1) is 13.9. The number of halogens is 1. The molecule has 3 aromatic rings. The van der Waals surface area contributed by atoms with Crippen LogP contribution in [0.15, 0.2) is 60.7 Å². The molecule has 0 aliphatic heterocycles. The quantitative estimate of drug-likeness (QED) is 0.495. The summed E-state index contributed by atoms with van der Waals surface area (Å²) in [6, 6.07) is 15.9. The lowest BCUT2D eigenvalue weighted by atomic mass is 10.1. The molecule has 29 heavy (non-hydrogen) atoms. The summed E-state index contributed by atoms with van der Waals surface area (Å²) in [5, 5.41) is 4.39. The molecule has 148 valence electrons. The maximum absolute atomic E-state index is 13.7. The van der Waals surface area contributed by atoms with Crippen LogP contribution in [0, 0.1) is 12.7 Å². The smallest absolute Gasteiger partial charge is 0.331 e. The number of methoxy groups -OCH3 is 1. The zero-order valence-electron chi connectivity index (χ0n) is 16.1. The molecule has 0 saturated heterocycles. The van der Waals surface area contributed by atoms with Crippen LogP contribution in [0.3, 0.4) is 0 Å². The van der Waals surface area contributed by atoms with Gasteiger partial charge in [0.15, 0.2) is 6.61 Å². The number of aryl methyl sites for hydroxylation is 1. The Morgan fingerprint density at radius 2 is 1.79 bits per heavy atom. The summed E-state index contributed by atoms with van der Waals surface area (Å²) in [6.45, 7) is 1.24. The highest BCUT2D eigenvalue weighted by atomic mass is 19.1. The molecular formula is C23H20FNO4. The average molecular weight is 393 g/mol. The molecule has 0 saturated carbocycles. The number of rotatable bonds is 6. The van der Waals surface area contributed by atoms with Crippen molar-refractivity contribution in [1.82, 2.24) is 0 Å². The van der Waals surface area contributed by atoms with Gasteiger partial charge < -0.3 is 14.8 Å². The molecule has 0 aromatic heterocycles. The monoisotopic (exact) mass is 393 g/mol. The van der Waals surface area contributed by atoms with Crippen LogP contribution in [0.2, 0.25) is 0 Å². The molecule has 3 rings (SSSR count). The van der Waals surface area contributed by atoms with Crippen LogP contribution >= 0.6 is 0 Å². The van der Waals surface area contributed by atoms with Crippen molar-refractivity contribution in [2.24, 2.45) is 0 Å². The number of hydrogen-bond acceptors (Lipinski definition) is 4. The summed E-state index contributed by atoms with van der Waals surface area (Å²) in [5.41, 5.74) is 1.59. The van der Waals surface area contributed by atoms with Crippen LogP contribution in [0.4, 0.5) is 10.1 Å². The van der Waals surface area contributed by atoms with Gasteiger partial charge in [-0.05, 0) is 65.2 Å². The molecule has 1 amide bonds. The van der Waals surface area contributed by atoms with Crippen LogP contribution in [-0.2, 0) is 14.3 Å². The Morgan fingerprint density at radius 3 is 2.55 bits per heavy atom. The molecule has 0 heterocycles. The largest absolute Gasteiger partial charge is 0.497 e. The summed E-state index contributed by atoms with van der Waals surface area (Å²) in [7, 11) is 1.61. The van der Waals surface area contributed by atoms with Crippen molar-refractivity contribution in [2.75, 3.05) is 19.0 Å². The lowest BCUT2D eigenvalue weighted by molar-refractivity contribution is -0.142. The van der Waals surface area contributed by atoms with Crippen LogP contribution < -0.4 is 10.1 Å². The topological polar surface area (TPSA) is 64.6 Å². The molecule has 0 spiro atoms. The Balaban J connectivity index is 1.55. The first kappa shape index (κ1) is 20.1. The first-order valence-electron chi connectivity index (χ1n) is 8.93. The molecule has 0 atom stereocenters. The molecule has 1 N–H and O–H groups in total. The van der Waals surface area contributed by atoms with Crippen LogP contribution in [0.5, 0.6) is 5.75 Å². The minimum Gasteiger partial charge on any atom is -0.497 e. The molecule has 0 unspecified atom stereocenters. The van der Waals surface area contributed by atoms with Crippen molar-refractivity contribution in [3.05, 3.63) is 77.6 Å². The number of amides is 1. The normalized spacial score (nSPS) is 10.9. The number of ether oxygens (including phenoxy) is 2. The number of carbonyl (C=O) groups excluding carboxylic acids is 2. The highest BCUT2D eigenvalue weighted by molar-refractivity contribution is 5.95. The highest BCUT2D eigenvalue weighted by Crippen LogP contribution is 2.22. The second-order valence-corrected chi connectivity index (χ2v) is 6.45. The van der Waals surface area contributed by atoms with E-state index in [1.54, 1.807) is 26.2 Å². The standard InChI is InChI=1S/C23H20FNO4/c1-15-3-9-21(20(24)11-15)25-22(26)14-29-23(27)10-5-16-4-6-18-13-19(28-2)8-7-17(18)12-16/h3-13H,14H2,1-2H3,(H,25,26)/b10-5+. The Kier molecular flexibility index (Phi) is 6.24. The summed E-state index contributed by atoms with van der Waals surface area (Å²) in [5.74, 6) is -1.06. The molecule has 0 aliphatic rings. The molecule has 6 heteroatoms. The number of fused-ring (bicyclic) bond motifs is 1. The second kappa shape index (κ2) is 9.01. The van der Waals surface area contributed by atoms with Gasteiger partial charge in [-0.2, -0.15) is 0 Å². The number of hydrogen-bond donors (Lipinski definition) is 1. The number of carbonyl (C=O) groups is 2. The zero-order valence-corrected chi connectivity index (χ0v) is 16.1. The van der Waals surface area contributed by atoms with Gasteiger partial charge in [-0.1, -0.05) is 24.3 Å². The summed E-state index contributed by atoms with van der Waals surface area (Å²) in [6.07, 6.45) is 2.84. The third-order valence-electron chi connectivity index (χ3n) is 4.23. The van der Waals surface area contributed by atoms with Crippen LogP contribution in [0.25, 0.3) is 16.8 Å². The van der Waals surface area contributed by atoms with Crippen molar-refractivity contribution < 1.29 is 23.5 Å². The van der Waals surface area contributed by atoms with Gasteiger partial charge in [0, 0.05) is 6.08 Å². The maximum Gasteiger partial charge on any atom is 0.331 e. The van der Waals surface area contributed by atoms with E-state index < -0.39 is 24.3 Å². The third-order valence-corrected chi connectivity index (χ3v) is 4.23. The summed E-state index contributed by atoms with van der Waals surface area (Å²) >= 11 is 0. The van der Waals surface area contributed by atoms with E-state index in [9.17, 15) is 14.0 Å².